The van der Waals surface area contributed by atoms with E-state index in [-0.39, 0.29) is 17.9 Å². The number of rotatable bonds is 5. The lowest BCUT2D eigenvalue weighted by Crippen LogP contribution is -2.39. The Balaban J connectivity index is 1.69. The molecule has 1 aliphatic rings. The Morgan fingerprint density at radius 1 is 1.32 bits per heavy atom. The van der Waals surface area contributed by atoms with E-state index in [1.165, 1.54) is 22.8 Å². The molecular weight excluding hydrogens is 345 g/mol. The summed E-state index contributed by atoms with van der Waals surface area (Å²) in [6.07, 6.45) is 4.37. The van der Waals surface area contributed by atoms with Gasteiger partial charge in [0, 0.05) is 18.7 Å². The molecule has 0 spiro atoms. The molecule has 0 unspecified atom stereocenters. The minimum Gasteiger partial charge on any atom is -0.299 e. The summed E-state index contributed by atoms with van der Waals surface area (Å²) in [4.78, 5) is 16.8. The second kappa shape index (κ2) is 7.05. The van der Waals surface area contributed by atoms with Gasteiger partial charge in [0.2, 0.25) is 10.0 Å². The lowest BCUT2D eigenvalue weighted by Gasteiger charge is -2.25. The van der Waals surface area contributed by atoms with Crippen molar-refractivity contribution >= 4 is 10.0 Å². The second-order valence-electron chi connectivity index (χ2n) is 6.25. The second-order valence-corrected chi connectivity index (χ2v) is 8.23. The maximum atomic E-state index is 13.2. The van der Waals surface area contributed by atoms with E-state index in [1.54, 1.807) is 10.6 Å². The minimum atomic E-state index is -3.29. The highest BCUT2D eigenvalue weighted by atomic mass is 32.2. The van der Waals surface area contributed by atoms with Gasteiger partial charge in [-0.05, 0) is 37.0 Å². The van der Waals surface area contributed by atoms with Crippen molar-refractivity contribution in [2.45, 2.75) is 32.4 Å². The van der Waals surface area contributed by atoms with E-state index in [1.807, 2.05) is 6.07 Å². The van der Waals surface area contributed by atoms with Gasteiger partial charge in [-0.15, -0.1) is 0 Å². The molecule has 0 fully saturated rings. The van der Waals surface area contributed by atoms with Crippen molar-refractivity contribution in [2.24, 2.45) is 0 Å². The third-order valence-corrected chi connectivity index (χ3v) is 5.63. The van der Waals surface area contributed by atoms with Crippen LogP contribution in [0.4, 0.5) is 4.39 Å². The Morgan fingerprint density at radius 3 is 2.84 bits per heavy atom. The number of fused-ring (bicyclic) bond motifs is 1. The number of sulfonamides is 1. The Labute approximate surface area is 146 Å². The van der Waals surface area contributed by atoms with E-state index in [0.29, 0.717) is 43.6 Å². The summed E-state index contributed by atoms with van der Waals surface area (Å²) in [7, 11) is -3.29. The lowest BCUT2D eigenvalue weighted by molar-refractivity contribution is 0.384. The van der Waals surface area contributed by atoms with Crippen LogP contribution in [-0.2, 0) is 36.0 Å². The van der Waals surface area contributed by atoms with Crippen LogP contribution in [0.15, 0.2) is 35.4 Å². The zero-order valence-corrected chi connectivity index (χ0v) is 14.8. The van der Waals surface area contributed by atoms with Gasteiger partial charge in [0.25, 0.3) is 5.56 Å². The fourth-order valence-electron chi connectivity index (χ4n) is 3.02. The van der Waals surface area contributed by atoms with Crippen LogP contribution in [0.25, 0.3) is 0 Å². The molecule has 8 heteroatoms. The van der Waals surface area contributed by atoms with E-state index in [0.717, 1.165) is 11.8 Å². The number of benzene rings is 1. The zero-order valence-electron chi connectivity index (χ0n) is 14.0. The van der Waals surface area contributed by atoms with Crippen molar-refractivity contribution < 1.29 is 12.8 Å². The van der Waals surface area contributed by atoms with Gasteiger partial charge in [-0.2, -0.15) is 4.31 Å². The number of aromatic nitrogens is 2. The number of aryl methyl sites for hydroxylation is 2. The van der Waals surface area contributed by atoms with Gasteiger partial charge in [-0.3, -0.25) is 9.36 Å². The predicted molar refractivity (Wildman–Crippen MR) is 92.2 cm³/mol. The quantitative estimate of drug-likeness (QED) is 0.801. The van der Waals surface area contributed by atoms with Crippen LogP contribution in [0.1, 0.15) is 23.2 Å². The van der Waals surface area contributed by atoms with Gasteiger partial charge >= 0.3 is 0 Å². The molecule has 0 aliphatic carbocycles. The number of hydrogen-bond acceptors (Lipinski definition) is 4. The standard InChI is InChI=1S/C17H20FN3O3S/c1-25(23,24)21-9-7-15-16(11-21)19-12-20(17(15)22)8-3-5-13-4-2-6-14(18)10-13/h2,4,6,10,12H,3,5,7-9,11H2,1H3. The maximum Gasteiger partial charge on any atom is 0.256 e. The third kappa shape index (κ3) is 4.13. The summed E-state index contributed by atoms with van der Waals surface area (Å²) >= 11 is 0. The average molecular weight is 365 g/mol. The van der Waals surface area contributed by atoms with Gasteiger partial charge in [0.05, 0.1) is 24.8 Å². The molecule has 1 aromatic carbocycles. The fourth-order valence-corrected chi connectivity index (χ4v) is 3.80. The molecule has 0 radical (unpaired) electrons. The highest BCUT2D eigenvalue weighted by Crippen LogP contribution is 2.16. The molecule has 1 aromatic heterocycles. The van der Waals surface area contributed by atoms with Crippen molar-refractivity contribution in [2.75, 3.05) is 12.8 Å². The Kier molecular flexibility index (Phi) is 5.01. The van der Waals surface area contributed by atoms with Crippen LogP contribution < -0.4 is 5.56 Å². The molecule has 134 valence electrons. The molecule has 0 saturated carbocycles. The Morgan fingerprint density at radius 2 is 2.12 bits per heavy atom. The zero-order chi connectivity index (χ0) is 18.0. The smallest absolute Gasteiger partial charge is 0.256 e. The molecule has 1 aliphatic heterocycles. The van der Waals surface area contributed by atoms with Crippen LogP contribution in [0, 0.1) is 5.82 Å². The topological polar surface area (TPSA) is 72.3 Å². The van der Waals surface area contributed by atoms with E-state index in [4.69, 9.17) is 0 Å². The summed E-state index contributed by atoms with van der Waals surface area (Å²) in [6.45, 7) is 0.939. The van der Waals surface area contributed by atoms with Crippen molar-refractivity contribution in [1.82, 2.24) is 13.9 Å². The maximum absolute atomic E-state index is 13.2. The highest BCUT2D eigenvalue weighted by Gasteiger charge is 2.26. The first-order valence-corrected chi connectivity index (χ1v) is 9.96. The molecule has 3 rings (SSSR count). The van der Waals surface area contributed by atoms with Crippen molar-refractivity contribution in [1.29, 1.82) is 0 Å². The van der Waals surface area contributed by atoms with Gasteiger partial charge in [-0.1, -0.05) is 12.1 Å². The molecule has 0 amide bonds. The molecule has 25 heavy (non-hydrogen) atoms. The SMILES string of the molecule is CS(=O)(=O)N1CCc2c(ncn(CCCc3cccc(F)c3)c2=O)C1. The summed E-state index contributed by atoms with van der Waals surface area (Å²) in [5.74, 6) is -0.263. The molecule has 6 nitrogen and oxygen atoms in total. The summed E-state index contributed by atoms with van der Waals surface area (Å²) < 4.78 is 39.3. The number of hydrogen-bond donors (Lipinski definition) is 0. The normalized spacial score (nSPS) is 15.1. The molecule has 2 heterocycles. The molecule has 2 aromatic rings. The number of halogens is 1. The summed E-state index contributed by atoms with van der Waals surface area (Å²) in [6, 6.07) is 6.43. The van der Waals surface area contributed by atoms with Crippen LogP contribution in [0.5, 0.6) is 0 Å². The molecular formula is C17H20FN3O3S. The van der Waals surface area contributed by atoms with Gasteiger partial charge in [-0.25, -0.2) is 17.8 Å². The highest BCUT2D eigenvalue weighted by molar-refractivity contribution is 7.88. The van der Waals surface area contributed by atoms with Crippen molar-refractivity contribution in [3.8, 4) is 0 Å². The molecule has 0 bridgehead atoms. The largest absolute Gasteiger partial charge is 0.299 e. The van der Waals surface area contributed by atoms with E-state index in [9.17, 15) is 17.6 Å². The van der Waals surface area contributed by atoms with E-state index >= 15 is 0 Å². The van der Waals surface area contributed by atoms with Gasteiger partial charge < -0.3 is 0 Å². The Hall–Kier alpha value is -2.06. The van der Waals surface area contributed by atoms with E-state index in [2.05, 4.69) is 4.98 Å². The van der Waals surface area contributed by atoms with Crippen LogP contribution in [0.3, 0.4) is 0 Å². The fraction of sp³-hybridized carbons (Fsp3) is 0.412. The predicted octanol–water partition coefficient (Wildman–Crippen LogP) is 1.33. The van der Waals surface area contributed by atoms with Crippen LogP contribution in [0.2, 0.25) is 0 Å². The first-order chi connectivity index (χ1) is 11.8. The van der Waals surface area contributed by atoms with Crippen molar-refractivity contribution in [3.63, 3.8) is 0 Å². The van der Waals surface area contributed by atoms with Gasteiger partial charge in [0.15, 0.2) is 0 Å². The number of nitrogens with zero attached hydrogens (tertiary/aromatic N) is 3. The van der Waals surface area contributed by atoms with Crippen LogP contribution in [-0.4, -0.2) is 35.1 Å². The van der Waals surface area contributed by atoms with E-state index < -0.39 is 10.0 Å². The first-order valence-electron chi connectivity index (χ1n) is 8.11. The first kappa shape index (κ1) is 17.8. The lowest BCUT2D eigenvalue weighted by atomic mass is 10.1. The van der Waals surface area contributed by atoms with Crippen molar-refractivity contribution in [3.05, 3.63) is 63.6 Å². The van der Waals surface area contributed by atoms with Crippen LogP contribution >= 0.6 is 0 Å². The molecule has 0 N–H and O–H groups in total. The third-order valence-electron chi connectivity index (χ3n) is 4.38. The molecule has 0 atom stereocenters. The summed E-state index contributed by atoms with van der Waals surface area (Å²) in [5, 5.41) is 0. The molecule has 0 saturated heterocycles. The Bertz CT molecular complexity index is 940. The summed E-state index contributed by atoms with van der Waals surface area (Å²) in [5.41, 5.74) is 1.90. The average Bonchev–Trinajstić information content (AvgIpc) is 2.56. The van der Waals surface area contributed by atoms with Gasteiger partial charge in [0.1, 0.15) is 5.82 Å². The minimum absolute atomic E-state index is 0.114. The monoisotopic (exact) mass is 365 g/mol.